The zero-order chi connectivity index (χ0) is 22.9. The molecular formula is C26H24N6OS. The number of benzene rings is 1. The predicted octanol–water partition coefficient (Wildman–Crippen LogP) is 4.87. The van der Waals surface area contributed by atoms with Gasteiger partial charge in [-0.1, -0.05) is 30.3 Å². The van der Waals surface area contributed by atoms with Gasteiger partial charge < -0.3 is 10.4 Å². The van der Waals surface area contributed by atoms with Crippen molar-refractivity contribution in [1.29, 1.82) is 0 Å². The van der Waals surface area contributed by atoms with Crippen molar-refractivity contribution in [2.75, 3.05) is 5.32 Å². The fraction of sp³-hybridized carbons (Fsp3) is 0.192. The number of rotatable bonds is 8. The Hall–Kier alpha value is -3.59. The summed E-state index contributed by atoms with van der Waals surface area (Å²) in [7, 11) is 0. The average Bonchev–Trinajstić information content (AvgIpc) is 3.35. The summed E-state index contributed by atoms with van der Waals surface area (Å²) < 4.78 is 2.08. The highest BCUT2D eigenvalue weighted by molar-refractivity contribution is 7.09. The molecule has 0 spiro atoms. The molecule has 0 bridgehead atoms. The van der Waals surface area contributed by atoms with E-state index in [1.54, 1.807) is 23.7 Å². The van der Waals surface area contributed by atoms with Crippen LogP contribution < -0.4 is 10.6 Å². The maximum absolute atomic E-state index is 10.4. The molecular weight excluding hydrogens is 444 g/mol. The summed E-state index contributed by atoms with van der Waals surface area (Å²) in [4.78, 5) is 15.0. The quantitative estimate of drug-likeness (QED) is 0.282. The smallest absolute Gasteiger partial charge is 0.180 e. The number of aromatic nitrogens is 4. The van der Waals surface area contributed by atoms with Gasteiger partial charge in [0.1, 0.15) is 6.23 Å². The number of pyridine rings is 1. The molecule has 5 aromatic rings. The highest BCUT2D eigenvalue weighted by Crippen LogP contribution is 2.29. The molecule has 34 heavy (non-hydrogen) atoms. The monoisotopic (exact) mass is 468 g/mol. The molecule has 170 valence electrons. The maximum Gasteiger partial charge on any atom is 0.180 e. The summed E-state index contributed by atoms with van der Waals surface area (Å²) >= 11 is 1.71. The van der Waals surface area contributed by atoms with Crippen molar-refractivity contribution < 1.29 is 5.11 Å². The molecule has 0 radical (unpaired) electrons. The van der Waals surface area contributed by atoms with Gasteiger partial charge in [0.25, 0.3) is 0 Å². The van der Waals surface area contributed by atoms with Crippen molar-refractivity contribution in [3.63, 3.8) is 0 Å². The Morgan fingerprint density at radius 1 is 1.06 bits per heavy atom. The van der Waals surface area contributed by atoms with Gasteiger partial charge in [0.15, 0.2) is 11.5 Å². The molecule has 3 N–H and O–H groups in total. The number of nitrogens with zero attached hydrogens (tertiary/aromatic N) is 4. The number of imidazole rings is 1. The number of aliphatic hydroxyl groups is 1. The van der Waals surface area contributed by atoms with Crippen LogP contribution in [0.4, 0.5) is 5.82 Å². The minimum absolute atomic E-state index is 0.438. The Morgan fingerprint density at radius 3 is 2.62 bits per heavy atom. The highest BCUT2D eigenvalue weighted by atomic mass is 32.1. The third-order valence-corrected chi connectivity index (χ3v) is 6.85. The molecule has 1 atom stereocenters. The molecule has 7 nitrogen and oxygen atoms in total. The molecule has 8 heteroatoms. The van der Waals surface area contributed by atoms with Crippen LogP contribution in [0, 0.1) is 0 Å². The van der Waals surface area contributed by atoms with Gasteiger partial charge >= 0.3 is 0 Å². The van der Waals surface area contributed by atoms with Gasteiger partial charge in [-0.15, -0.1) is 11.3 Å². The fourth-order valence-corrected chi connectivity index (χ4v) is 4.62. The van der Waals surface area contributed by atoms with Crippen molar-refractivity contribution in [3.8, 4) is 22.5 Å². The lowest BCUT2D eigenvalue weighted by Gasteiger charge is -2.13. The molecule has 1 aliphatic rings. The Kier molecular flexibility index (Phi) is 5.54. The van der Waals surface area contributed by atoms with Crippen LogP contribution in [0.3, 0.4) is 0 Å². The number of hydrogen-bond donors (Lipinski definition) is 3. The van der Waals surface area contributed by atoms with Gasteiger partial charge in [0.05, 0.1) is 24.1 Å². The summed E-state index contributed by atoms with van der Waals surface area (Å²) in [5.74, 6) is 0.731. The molecule has 1 aliphatic carbocycles. The van der Waals surface area contributed by atoms with E-state index >= 15 is 0 Å². The number of hydrogen-bond acceptors (Lipinski definition) is 7. The Morgan fingerprint density at radius 2 is 1.88 bits per heavy atom. The van der Waals surface area contributed by atoms with Crippen LogP contribution in [0.5, 0.6) is 0 Å². The molecule has 4 aromatic heterocycles. The van der Waals surface area contributed by atoms with Gasteiger partial charge in [0.2, 0.25) is 0 Å². The van der Waals surface area contributed by atoms with E-state index in [0.717, 1.165) is 52.4 Å². The third kappa shape index (κ3) is 4.31. The van der Waals surface area contributed by atoms with Crippen LogP contribution in [-0.2, 0) is 6.54 Å². The van der Waals surface area contributed by atoms with Crippen molar-refractivity contribution in [2.45, 2.75) is 31.7 Å². The molecule has 6 rings (SSSR count). The van der Waals surface area contributed by atoms with Crippen molar-refractivity contribution >= 4 is 22.8 Å². The van der Waals surface area contributed by atoms with Gasteiger partial charge in [-0.25, -0.2) is 9.97 Å². The van der Waals surface area contributed by atoms with E-state index in [1.165, 1.54) is 4.88 Å². The molecule has 1 unspecified atom stereocenters. The van der Waals surface area contributed by atoms with Gasteiger partial charge in [-0.05, 0) is 42.0 Å². The van der Waals surface area contributed by atoms with Gasteiger partial charge in [-0.3, -0.25) is 14.7 Å². The Bertz CT molecular complexity index is 1400. The number of nitrogens with one attached hydrogen (secondary N) is 2. The van der Waals surface area contributed by atoms with Gasteiger partial charge in [-0.2, -0.15) is 0 Å². The number of anilines is 1. The lowest BCUT2D eigenvalue weighted by molar-refractivity contribution is 0.137. The van der Waals surface area contributed by atoms with E-state index in [9.17, 15) is 5.11 Å². The molecule has 0 saturated heterocycles. The van der Waals surface area contributed by atoms with E-state index in [1.807, 2.05) is 54.9 Å². The zero-order valence-corrected chi connectivity index (χ0v) is 19.2. The number of thiophene rings is 1. The van der Waals surface area contributed by atoms with E-state index in [-0.39, 0.29) is 0 Å². The minimum atomic E-state index is -0.640. The third-order valence-electron chi connectivity index (χ3n) is 5.97. The van der Waals surface area contributed by atoms with E-state index in [2.05, 4.69) is 31.5 Å². The largest absolute Gasteiger partial charge is 0.374 e. The fourth-order valence-electron chi connectivity index (χ4n) is 3.97. The second-order valence-corrected chi connectivity index (χ2v) is 9.48. The Balaban J connectivity index is 1.38. The number of fused-ring (bicyclic) bond motifs is 1. The summed E-state index contributed by atoms with van der Waals surface area (Å²) in [5.41, 5.74) is 5.43. The standard InChI is InChI=1S/C26H24N6OS/c33-26(30-20-7-8-20)19-5-3-18(4-6-19)23-15-29-25-24(28-14-21-2-1-13-34-21)31-22(16-32(23)25)17-9-11-27-12-10-17/h1-6,9-13,15-16,20,26,30,33H,7-8,14H2,(H,28,31). The van der Waals surface area contributed by atoms with Crippen LogP contribution >= 0.6 is 11.3 Å². The first-order valence-electron chi connectivity index (χ1n) is 11.3. The first-order valence-corrected chi connectivity index (χ1v) is 12.2. The van der Waals surface area contributed by atoms with Crippen molar-refractivity contribution in [3.05, 3.63) is 89.1 Å². The normalized spacial score (nSPS) is 14.4. The van der Waals surface area contributed by atoms with Crippen LogP contribution in [-0.4, -0.2) is 30.5 Å². The SMILES string of the molecule is OC(NC1CC1)c1ccc(-c2cnc3c(NCc4cccs4)nc(-c4ccncc4)cn23)cc1. The van der Waals surface area contributed by atoms with Crippen molar-refractivity contribution in [2.24, 2.45) is 0 Å². The maximum atomic E-state index is 10.4. The topological polar surface area (TPSA) is 87.4 Å². The molecule has 0 aliphatic heterocycles. The zero-order valence-electron chi connectivity index (χ0n) is 18.4. The Labute approximate surface area is 201 Å². The molecule has 1 fully saturated rings. The lowest BCUT2D eigenvalue weighted by atomic mass is 10.1. The predicted molar refractivity (Wildman–Crippen MR) is 134 cm³/mol. The van der Waals surface area contributed by atoms with E-state index in [0.29, 0.717) is 12.6 Å². The minimum Gasteiger partial charge on any atom is -0.374 e. The van der Waals surface area contributed by atoms with E-state index < -0.39 is 6.23 Å². The second-order valence-electron chi connectivity index (χ2n) is 8.45. The number of aliphatic hydroxyl groups excluding tert-OH is 1. The molecule has 1 saturated carbocycles. The van der Waals surface area contributed by atoms with Crippen LogP contribution in [0.1, 0.15) is 29.5 Å². The van der Waals surface area contributed by atoms with Crippen LogP contribution in [0.25, 0.3) is 28.2 Å². The van der Waals surface area contributed by atoms with Crippen molar-refractivity contribution in [1.82, 2.24) is 24.7 Å². The summed E-state index contributed by atoms with van der Waals surface area (Å²) in [6, 6.07) is 16.5. The summed E-state index contributed by atoms with van der Waals surface area (Å²) in [6.07, 6.45) is 9.06. The first kappa shape index (κ1) is 21.0. The molecule has 1 aromatic carbocycles. The van der Waals surface area contributed by atoms with Gasteiger partial charge in [0, 0.05) is 40.6 Å². The first-order chi connectivity index (χ1) is 16.7. The summed E-state index contributed by atoms with van der Waals surface area (Å²) in [5, 5.41) is 19.2. The highest BCUT2D eigenvalue weighted by Gasteiger charge is 2.24. The average molecular weight is 469 g/mol. The molecule has 4 heterocycles. The summed E-state index contributed by atoms with van der Waals surface area (Å²) in [6.45, 7) is 0.683. The second kappa shape index (κ2) is 8.98. The van der Waals surface area contributed by atoms with Crippen LogP contribution in [0.15, 0.2) is 78.7 Å². The van der Waals surface area contributed by atoms with Crippen LogP contribution in [0.2, 0.25) is 0 Å². The van der Waals surface area contributed by atoms with E-state index in [4.69, 9.17) is 9.97 Å². The lowest BCUT2D eigenvalue weighted by Crippen LogP contribution is -2.22. The molecule has 0 amide bonds.